The third-order valence-corrected chi connectivity index (χ3v) is 6.60. The maximum Gasteiger partial charge on any atom is 0.231 e. The molecular formula is C20H28BrNO3. The van der Waals surface area contributed by atoms with E-state index in [2.05, 4.69) is 43.6 Å². The highest BCUT2D eigenvalue weighted by Crippen LogP contribution is 2.50. The van der Waals surface area contributed by atoms with Crippen molar-refractivity contribution in [3.05, 3.63) is 28.2 Å². The Labute approximate surface area is 159 Å². The van der Waals surface area contributed by atoms with Gasteiger partial charge >= 0.3 is 0 Å². The second kappa shape index (κ2) is 6.58. The molecule has 0 radical (unpaired) electrons. The van der Waals surface area contributed by atoms with Crippen molar-refractivity contribution in [2.24, 2.45) is 11.3 Å². The Hall–Kier alpha value is -1.07. The number of halogens is 1. The minimum absolute atomic E-state index is 0.183. The number of benzene rings is 1. The van der Waals surface area contributed by atoms with Crippen molar-refractivity contribution in [2.45, 2.75) is 58.7 Å². The van der Waals surface area contributed by atoms with Gasteiger partial charge in [-0.1, -0.05) is 36.7 Å². The van der Waals surface area contributed by atoms with Crippen LogP contribution < -0.4 is 4.74 Å². The van der Waals surface area contributed by atoms with Crippen LogP contribution >= 0.6 is 15.9 Å². The molecule has 2 aliphatic rings. The lowest BCUT2D eigenvalue weighted by atomic mass is 9.80. The van der Waals surface area contributed by atoms with Crippen molar-refractivity contribution < 1.29 is 14.3 Å². The third kappa shape index (κ3) is 3.21. The molecule has 1 aromatic carbocycles. The lowest BCUT2D eigenvalue weighted by Crippen LogP contribution is -2.46. The van der Waals surface area contributed by atoms with E-state index in [0.29, 0.717) is 12.5 Å². The number of methoxy groups -OCH3 is 1. The number of rotatable bonds is 5. The number of ether oxygens (including phenoxy) is 2. The van der Waals surface area contributed by atoms with Crippen LogP contribution in [0, 0.1) is 11.3 Å². The third-order valence-electron chi connectivity index (χ3n) is 5.83. The SMILES string of the molecule is COc1ccc(Br)c(CC[C@]2(C)C[C@@]3(C)OC[C@H](C(C)C)N3C2=O)c1. The summed E-state index contributed by atoms with van der Waals surface area (Å²) in [4.78, 5) is 15.3. The number of aryl methyl sites for hydroxylation is 1. The summed E-state index contributed by atoms with van der Waals surface area (Å²) in [5.74, 6) is 1.49. The molecular weight excluding hydrogens is 382 g/mol. The van der Waals surface area contributed by atoms with E-state index in [9.17, 15) is 4.79 Å². The van der Waals surface area contributed by atoms with Gasteiger partial charge in [0, 0.05) is 10.9 Å². The number of carbonyl (C=O) groups excluding carboxylic acids is 1. The number of amides is 1. The summed E-state index contributed by atoms with van der Waals surface area (Å²) in [6.07, 6.45) is 2.39. The Balaban J connectivity index is 1.78. The summed E-state index contributed by atoms with van der Waals surface area (Å²) in [5.41, 5.74) is 0.337. The van der Waals surface area contributed by atoms with Gasteiger partial charge in [0.1, 0.15) is 11.5 Å². The molecule has 3 atom stereocenters. The number of fused-ring (bicyclic) bond motifs is 1. The summed E-state index contributed by atoms with van der Waals surface area (Å²) in [6.45, 7) is 9.14. The first kappa shape index (κ1) is 18.7. The molecule has 4 nitrogen and oxygen atoms in total. The maximum atomic E-state index is 13.3. The number of carbonyl (C=O) groups is 1. The number of hydrogen-bond donors (Lipinski definition) is 0. The molecule has 2 saturated heterocycles. The van der Waals surface area contributed by atoms with Crippen LogP contribution in [0.25, 0.3) is 0 Å². The van der Waals surface area contributed by atoms with E-state index in [0.717, 1.165) is 29.5 Å². The van der Waals surface area contributed by atoms with Crippen LogP contribution in [-0.4, -0.2) is 36.3 Å². The van der Waals surface area contributed by atoms with Gasteiger partial charge in [-0.25, -0.2) is 0 Å². The molecule has 0 unspecified atom stereocenters. The lowest BCUT2D eigenvalue weighted by molar-refractivity contribution is -0.142. The van der Waals surface area contributed by atoms with E-state index in [1.165, 1.54) is 5.56 Å². The second-order valence-corrected chi connectivity index (χ2v) is 9.02. The van der Waals surface area contributed by atoms with Gasteiger partial charge in [0.05, 0.1) is 25.2 Å². The van der Waals surface area contributed by atoms with Gasteiger partial charge in [0.15, 0.2) is 0 Å². The molecule has 0 spiro atoms. The van der Waals surface area contributed by atoms with Crippen LogP contribution in [0.2, 0.25) is 0 Å². The molecule has 1 amide bonds. The van der Waals surface area contributed by atoms with E-state index >= 15 is 0 Å². The molecule has 0 aliphatic carbocycles. The Morgan fingerprint density at radius 2 is 2.12 bits per heavy atom. The van der Waals surface area contributed by atoms with Gasteiger partial charge in [-0.3, -0.25) is 4.79 Å². The average Bonchev–Trinajstić information content (AvgIpc) is 2.98. The van der Waals surface area contributed by atoms with Gasteiger partial charge in [0.2, 0.25) is 5.91 Å². The van der Waals surface area contributed by atoms with Crippen molar-refractivity contribution in [1.29, 1.82) is 0 Å². The Kier molecular flexibility index (Phi) is 4.93. The van der Waals surface area contributed by atoms with Gasteiger partial charge < -0.3 is 14.4 Å². The molecule has 2 aliphatic heterocycles. The predicted molar refractivity (Wildman–Crippen MR) is 102 cm³/mol. The second-order valence-electron chi connectivity index (χ2n) is 8.17. The van der Waals surface area contributed by atoms with E-state index in [4.69, 9.17) is 9.47 Å². The zero-order valence-corrected chi connectivity index (χ0v) is 17.4. The summed E-state index contributed by atoms with van der Waals surface area (Å²) in [7, 11) is 1.67. The highest BCUT2D eigenvalue weighted by atomic mass is 79.9. The zero-order valence-electron chi connectivity index (χ0n) is 15.8. The minimum Gasteiger partial charge on any atom is -0.497 e. The monoisotopic (exact) mass is 409 g/mol. The van der Waals surface area contributed by atoms with Crippen molar-refractivity contribution in [1.82, 2.24) is 4.90 Å². The molecule has 25 heavy (non-hydrogen) atoms. The van der Waals surface area contributed by atoms with Gasteiger partial charge in [-0.15, -0.1) is 0 Å². The Bertz CT molecular complexity index is 677. The molecule has 1 aromatic rings. The first-order valence-corrected chi connectivity index (χ1v) is 9.80. The molecule has 0 saturated carbocycles. The standard InChI is InChI=1S/C20H28BrNO3/c1-13(2)17-11-25-20(4)12-19(3,18(23)22(17)20)9-8-14-10-15(24-5)6-7-16(14)21/h6-7,10,13,17H,8-9,11-12H2,1-5H3/t17-,19-,20-/m1/s1. The van der Waals surface area contributed by atoms with Crippen molar-refractivity contribution in [3.8, 4) is 5.75 Å². The summed E-state index contributed by atoms with van der Waals surface area (Å²) in [6, 6.07) is 6.17. The van der Waals surface area contributed by atoms with E-state index in [-0.39, 0.29) is 17.4 Å². The maximum absolute atomic E-state index is 13.3. The largest absolute Gasteiger partial charge is 0.497 e. The van der Waals surface area contributed by atoms with Crippen LogP contribution in [0.5, 0.6) is 5.75 Å². The van der Waals surface area contributed by atoms with Gasteiger partial charge in [-0.05, 0) is 49.4 Å². The Morgan fingerprint density at radius 3 is 2.76 bits per heavy atom. The molecule has 2 fully saturated rings. The van der Waals surface area contributed by atoms with Gasteiger partial charge in [-0.2, -0.15) is 0 Å². The average molecular weight is 410 g/mol. The van der Waals surface area contributed by atoms with Crippen LogP contribution in [-0.2, 0) is 16.0 Å². The molecule has 0 bridgehead atoms. The van der Waals surface area contributed by atoms with Gasteiger partial charge in [0.25, 0.3) is 0 Å². The van der Waals surface area contributed by atoms with Crippen molar-refractivity contribution >= 4 is 21.8 Å². The Morgan fingerprint density at radius 1 is 1.40 bits per heavy atom. The lowest BCUT2D eigenvalue weighted by Gasteiger charge is -2.31. The summed E-state index contributed by atoms with van der Waals surface area (Å²) >= 11 is 3.61. The number of hydrogen-bond acceptors (Lipinski definition) is 3. The van der Waals surface area contributed by atoms with Crippen LogP contribution in [0.4, 0.5) is 0 Å². The smallest absolute Gasteiger partial charge is 0.231 e. The van der Waals surface area contributed by atoms with Crippen molar-refractivity contribution in [2.75, 3.05) is 13.7 Å². The fraction of sp³-hybridized carbons (Fsp3) is 0.650. The minimum atomic E-state index is -0.452. The highest BCUT2D eigenvalue weighted by molar-refractivity contribution is 9.10. The molecule has 2 heterocycles. The van der Waals surface area contributed by atoms with Crippen LogP contribution in [0.15, 0.2) is 22.7 Å². The van der Waals surface area contributed by atoms with Crippen molar-refractivity contribution in [3.63, 3.8) is 0 Å². The fourth-order valence-electron chi connectivity index (χ4n) is 4.32. The summed E-state index contributed by atoms with van der Waals surface area (Å²) in [5, 5.41) is 0. The molecule has 3 rings (SSSR count). The fourth-order valence-corrected chi connectivity index (χ4v) is 4.76. The quantitative estimate of drug-likeness (QED) is 0.722. The molecule has 0 aromatic heterocycles. The molecule has 5 heteroatoms. The highest BCUT2D eigenvalue weighted by Gasteiger charge is 2.60. The first-order chi connectivity index (χ1) is 11.7. The van der Waals surface area contributed by atoms with Crippen LogP contribution in [0.3, 0.4) is 0 Å². The van der Waals surface area contributed by atoms with Crippen LogP contribution in [0.1, 0.15) is 46.1 Å². The number of nitrogens with zero attached hydrogens (tertiary/aromatic N) is 1. The van der Waals surface area contributed by atoms with E-state index in [1.54, 1.807) is 7.11 Å². The van der Waals surface area contributed by atoms with E-state index in [1.807, 2.05) is 23.1 Å². The molecule has 138 valence electrons. The predicted octanol–water partition coefficient (Wildman–Crippen LogP) is 4.40. The van der Waals surface area contributed by atoms with E-state index < -0.39 is 5.72 Å². The first-order valence-electron chi connectivity index (χ1n) is 9.00. The summed E-state index contributed by atoms with van der Waals surface area (Å²) < 4.78 is 12.5. The normalized spacial score (nSPS) is 31.7. The zero-order chi connectivity index (χ0) is 18.4. The topological polar surface area (TPSA) is 38.8 Å². The molecule has 0 N–H and O–H groups in total.